The molecular weight excluding hydrogens is 196 g/mol. The van der Waals surface area contributed by atoms with Gasteiger partial charge in [0.1, 0.15) is 12.4 Å². The lowest BCUT2D eigenvalue weighted by Gasteiger charge is -2.10. The van der Waals surface area contributed by atoms with E-state index in [1.165, 1.54) is 5.56 Å². The molecule has 2 rings (SSSR count). The molecule has 0 N–H and O–H groups in total. The van der Waals surface area contributed by atoms with Gasteiger partial charge in [-0.2, -0.15) is 0 Å². The van der Waals surface area contributed by atoms with Crippen LogP contribution in [0.15, 0.2) is 30.3 Å². The Hall–Kier alpha value is -1.24. The van der Waals surface area contributed by atoms with E-state index in [9.17, 15) is 0 Å². The molecule has 16 heavy (non-hydrogen) atoms. The molecule has 1 heteroatoms. The van der Waals surface area contributed by atoms with Gasteiger partial charge in [-0.05, 0) is 12.1 Å². The highest BCUT2D eigenvalue weighted by atomic mass is 16.5. The molecule has 1 heterocycles. The zero-order valence-electron chi connectivity index (χ0n) is 11.6. The zero-order chi connectivity index (χ0) is 12.8. The maximum Gasteiger partial charge on any atom is 0.126 e. The number of para-hydroxylation sites is 1. The summed E-state index contributed by atoms with van der Waals surface area (Å²) in [6, 6.07) is 8.03. The normalized spacial score (nSPS) is 9.88. The maximum absolute atomic E-state index is 5.34. The minimum Gasteiger partial charge on any atom is -0.489 e. The van der Waals surface area contributed by atoms with Gasteiger partial charge in [-0.25, -0.2) is 0 Å². The number of benzene rings is 1. The minimum absolute atomic E-state index is 0.705. The lowest BCUT2D eigenvalue weighted by Crippen LogP contribution is -1.98. The van der Waals surface area contributed by atoms with Crippen molar-refractivity contribution in [2.24, 2.45) is 0 Å². The minimum atomic E-state index is 0.705. The van der Waals surface area contributed by atoms with Gasteiger partial charge in [-0.1, -0.05) is 65.8 Å². The van der Waals surface area contributed by atoms with Crippen molar-refractivity contribution >= 4 is 6.08 Å². The van der Waals surface area contributed by atoms with E-state index in [-0.39, 0.29) is 0 Å². The van der Waals surface area contributed by atoms with Gasteiger partial charge in [0.05, 0.1) is 0 Å². The van der Waals surface area contributed by atoms with Gasteiger partial charge in [0, 0.05) is 5.56 Å². The molecule has 0 saturated heterocycles. The van der Waals surface area contributed by atoms with Crippen molar-refractivity contribution in [1.82, 2.24) is 0 Å². The van der Waals surface area contributed by atoms with Gasteiger partial charge in [0.25, 0.3) is 0 Å². The summed E-state index contributed by atoms with van der Waals surface area (Å²) in [5, 5.41) is 0. The Balaban J connectivity index is 0. The lowest BCUT2D eigenvalue weighted by molar-refractivity contribution is 0.358. The molecule has 1 aliphatic heterocycles. The molecule has 0 spiro atoms. The highest BCUT2D eigenvalue weighted by Gasteiger charge is 2.01. The predicted octanol–water partition coefficient (Wildman–Crippen LogP) is 5.17. The Morgan fingerprint density at radius 3 is 2.00 bits per heavy atom. The Kier molecular flexibility index (Phi) is 14.8. The molecule has 0 radical (unpaired) electrons. The second-order valence-electron chi connectivity index (χ2n) is 2.25. The second-order valence-corrected chi connectivity index (χ2v) is 2.25. The lowest BCUT2D eigenvalue weighted by atomic mass is 10.1. The van der Waals surface area contributed by atoms with Crippen molar-refractivity contribution in [3.63, 3.8) is 0 Å². The predicted molar refractivity (Wildman–Crippen MR) is 75.0 cm³/mol. The van der Waals surface area contributed by atoms with Crippen LogP contribution in [0.25, 0.3) is 6.08 Å². The summed E-state index contributed by atoms with van der Waals surface area (Å²) >= 11 is 0. The maximum atomic E-state index is 5.34. The van der Waals surface area contributed by atoms with Crippen LogP contribution in [0.4, 0.5) is 0 Å². The summed E-state index contributed by atoms with van der Waals surface area (Å²) in [7, 11) is 0. The van der Waals surface area contributed by atoms with E-state index in [1.54, 1.807) is 0 Å². The van der Waals surface area contributed by atoms with Crippen molar-refractivity contribution < 1.29 is 4.74 Å². The number of hydrogen-bond donors (Lipinski definition) is 0. The van der Waals surface area contributed by atoms with Crippen LogP contribution in [0.2, 0.25) is 0 Å². The molecule has 0 aliphatic carbocycles. The van der Waals surface area contributed by atoms with E-state index in [0.29, 0.717) is 6.61 Å². The third-order valence-electron chi connectivity index (χ3n) is 1.55. The quantitative estimate of drug-likeness (QED) is 0.588. The molecule has 0 atom stereocenters. The molecule has 1 aromatic rings. The van der Waals surface area contributed by atoms with E-state index in [2.05, 4.69) is 6.08 Å². The average Bonchev–Trinajstić information content (AvgIpc) is 2.45. The molecule has 0 amide bonds. The molecule has 0 bridgehead atoms. The fourth-order valence-electron chi connectivity index (χ4n) is 1.06. The molecule has 92 valence electrons. The summed E-state index contributed by atoms with van der Waals surface area (Å²) in [4.78, 5) is 0. The summed E-state index contributed by atoms with van der Waals surface area (Å²) in [6.45, 7) is 12.7. The third-order valence-corrected chi connectivity index (χ3v) is 1.55. The van der Waals surface area contributed by atoms with Crippen molar-refractivity contribution in [3.8, 4) is 5.75 Å². The van der Waals surface area contributed by atoms with Crippen molar-refractivity contribution in [1.29, 1.82) is 0 Å². The molecule has 1 nitrogen and oxygen atoms in total. The van der Waals surface area contributed by atoms with Gasteiger partial charge in [0.15, 0.2) is 0 Å². The third kappa shape index (κ3) is 6.28. The highest BCUT2D eigenvalue weighted by molar-refractivity contribution is 5.58. The highest BCUT2D eigenvalue weighted by Crippen LogP contribution is 2.21. The molecule has 0 fully saturated rings. The van der Waals surface area contributed by atoms with E-state index in [4.69, 9.17) is 4.74 Å². The Morgan fingerprint density at radius 2 is 1.44 bits per heavy atom. The fraction of sp³-hybridized carbons (Fsp3) is 0.467. The number of fused-ring (bicyclic) bond motifs is 1. The summed E-state index contributed by atoms with van der Waals surface area (Å²) in [5.41, 5.74) is 1.17. The van der Waals surface area contributed by atoms with Crippen LogP contribution in [-0.2, 0) is 0 Å². The Bertz CT molecular complexity index is 264. The Morgan fingerprint density at radius 1 is 0.875 bits per heavy atom. The number of hydrogen-bond acceptors (Lipinski definition) is 1. The van der Waals surface area contributed by atoms with Crippen molar-refractivity contribution in [2.75, 3.05) is 6.61 Å². The second kappa shape index (κ2) is 13.8. The molecule has 0 unspecified atom stereocenters. The smallest absolute Gasteiger partial charge is 0.126 e. The van der Waals surface area contributed by atoms with Gasteiger partial charge in [0.2, 0.25) is 0 Å². The molecule has 1 aliphatic rings. The first-order valence-electron chi connectivity index (χ1n) is 6.35. The SMILES string of the molecule is C1=Cc2ccccc2OC1.CC.CC.CC. The number of ether oxygens (including phenoxy) is 1. The van der Waals surface area contributed by atoms with Crippen molar-refractivity contribution in [3.05, 3.63) is 35.9 Å². The Labute approximate surface area is 101 Å². The monoisotopic (exact) mass is 222 g/mol. The van der Waals surface area contributed by atoms with Gasteiger partial charge >= 0.3 is 0 Å². The van der Waals surface area contributed by atoms with Crippen LogP contribution in [0.1, 0.15) is 47.1 Å². The van der Waals surface area contributed by atoms with E-state index >= 15 is 0 Å². The molecule has 1 aromatic carbocycles. The van der Waals surface area contributed by atoms with Crippen LogP contribution in [0.5, 0.6) is 5.75 Å². The topological polar surface area (TPSA) is 9.23 Å². The molecular formula is C15H26O. The fourth-order valence-corrected chi connectivity index (χ4v) is 1.06. The zero-order valence-corrected chi connectivity index (χ0v) is 11.6. The first-order chi connectivity index (χ1) is 7.97. The van der Waals surface area contributed by atoms with Gasteiger partial charge in [-0.15, -0.1) is 0 Å². The number of rotatable bonds is 0. The summed E-state index contributed by atoms with van der Waals surface area (Å²) in [5.74, 6) is 0.991. The first-order valence-corrected chi connectivity index (χ1v) is 6.35. The van der Waals surface area contributed by atoms with Gasteiger partial charge < -0.3 is 4.74 Å². The summed E-state index contributed by atoms with van der Waals surface area (Å²) in [6.07, 6.45) is 4.10. The van der Waals surface area contributed by atoms with Crippen LogP contribution in [0.3, 0.4) is 0 Å². The van der Waals surface area contributed by atoms with E-state index < -0.39 is 0 Å². The van der Waals surface area contributed by atoms with Crippen LogP contribution < -0.4 is 4.74 Å². The first kappa shape index (κ1) is 17.2. The van der Waals surface area contributed by atoms with E-state index in [1.807, 2.05) is 71.9 Å². The summed E-state index contributed by atoms with van der Waals surface area (Å²) < 4.78 is 5.34. The average molecular weight is 222 g/mol. The standard InChI is InChI=1S/C9H8O.3C2H6/c1-2-6-9-8(4-1)5-3-7-10-9;3*1-2/h1-6H,7H2;3*1-2H3. The van der Waals surface area contributed by atoms with Crippen molar-refractivity contribution in [2.45, 2.75) is 41.5 Å². The van der Waals surface area contributed by atoms with Gasteiger partial charge in [-0.3, -0.25) is 0 Å². The van der Waals surface area contributed by atoms with Crippen LogP contribution in [0, 0.1) is 0 Å². The molecule has 0 saturated carbocycles. The molecule has 0 aromatic heterocycles. The van der Waals surface area contributed by atoms with E-state index in [0.717, 1.165) is 5.75 Å². The van der Waals surface area contributed by atoms with Crippen LogP contribution >= 0.6 is 0 Å². The van der Waals surface area contributed by atoms with Crippen LogP contribution in [-0.4, -0.2) is 6.61 Å². The largest absolute Gasteiger partial charge is 0.489 e.